The summed E-state index contributed by atoms with van der Waals surface area (Å²) in [6.45, 7) is 2.05. The van der Waals surface area contributed by atoms with Crippen LogP contribution in [0.25, 0.3) is 11.0 Å². The van der Waals surface area contributed by atoms with Crippen LogP contribution in [0.15, 0.2) is 24.4 Å². The predicted octanol–water partition coefficient (Wildman–Crippen LogP) is 2.96. The van der Waals surface area contributed by atoms with Gasteiger partial charge in [0.05, 0.1) is 17.6 Å². The number of hydrogen-bond donors (Lipinski definition) is 1. The fraction of sp³-hybridized carbons (Fsp3) is 0.312. The highest BCUT2D eigenvalue weighted by Crippen LogP contribution is 2.25. The van der Waals surface area contributed by atoms with Crippen LogP contribution in [0.2, 0.25) is 0 Å². The largest absolute Gasteiger partial charge is 0.377 e. The van der Waals surface area contributed by atoms with Gasteiger partial charge in [0.15, 0.2) is 11.5 Å². The van der Waals surface area contributed by atoms with Crippen molar-refractivity contribution in [2.45, 2.75) is 19.6 Å². The fourth-order valence-corrected chi connectivity index (χ4v) is 2.48. The maximum atomic E-state index is 13.4. The number of hydrogen-bond acceptors (Lipinski definition) is 5. The summed E-state index contributed by atoms with van der Waals surface area (Å²) in [4.78, 5) is 8.82. The van der Waals surface area contributed by atoms with E-state index in [9.17, 15) is 8.78 Å². The smallest absolute Gasteiger partial charge is 0.163 e. The van der Waals surface area contributed by atoms with E-state index in [1.165, 1.54) is 12.1 Å². The van der Waals surface area contributed by atoms with Gasteiger partial charge in [0.1, 0.15) is 24.1 Å². The lowest BCUT2D eigenvalue weighted by Gasteiger charge is -2.16. The maximum absolute atomic E-state index is 13.4. The number of aryl methyl sites for hydroxylation is 1. The van der Waals surface area contributed by atoms with Crippen molar-refractivity contribution in [2.24, 2.45) is 7.05 Å². The lowest BCUT2D eigenvalue weighted by molar-refractivity contribution is 0.178. The van der Waals surface area contributed by atoms with Crippen LogP contribution in [0.1, 0.15) is 24.4 Å². The number of benzene rings is 1. The third kappa shape index (κ3) is 3.18. The van der Waals surface area contributed by atoms with Gasteiger partial charge in [0.2, 0.25) is 0 Å². The summed E-state index contributed by atoms with van der Waals surface area (Å²) in [5, 5.41) is 8.08. The molecule has 0 aliphatic carbocycles. The highest BCUT2D eigenvalue weighted by Gasteiger charge is 2.15. The summed E-state index contributed by atoms with van der Waals surface area (Å²) in [7, 11) is 3.34. The van der Waals surface area contributed by atoms with Crippen molar-refractivity contribution in [3.63, 3.8) is 0 Å². The second-order valence-electron chi connectivity index (χ2n) is 5.50. The number of aromatic nitrogens is 4. The number of halogens is 2. The Labute approximate surface area is 137 Å². The summed E-state index contributed by atoms with van der Waals surface area (Å²) in [6, 6.07) is 3.07. The van der Waals surface area contributed by atoms with Crippen molar-refractivity contribution in [3.8, 4) is 0 Å². The Bertz CT molecular complexity index is 860. The minimum atomic E-state index is -0.618. The van der Waals surface area contributed by atoms with Crippen LogP contribution < -0.4 is 5.32 Å². The second kappa shape index (κ2) is 6.48. The Kier molecular flexibility index (Phi) is 4.39. The number of nitrogens with one attached hydrogen (secondary N) is 1. The number of anilines is 1. The standard InChI is InChI=1S/C16H17F2N5O/c1-9(10-4-11(17)6-12(18)5-10)20-15-13-7-19-23(2)16(13)22-14(21-15)8-24-3/h4-7,9H,8H2,1-3H3,(H,20,21,22). The molecule has 1 aromatic carbocycles. The van der Waals surface area contributed by atoms with Gasteiger partial charge in [-0.05, 0) is 24.6 Å². The first kappa shape index (κ1) is 16.3. The van der Waals surface area contributed by atoms with Gasteiger partial charge >= 0.3 is 0 Å². The lowest BCUT2D eigenvalue weighted by Crippen LogP contribution is -2.11. The third-order valence-electron chi connectivity index (χ3n) is 3.65. The summed E-state index contributed by atoms with van der Waals surface area (Å²) >= 11 is 0. The van der Waals surface area contributed by atoms with Crippen LogP contribution in [-0.2, 0) is 18.4 Å². The Morgan fingerprint density at radius 3 is 2.58 bits per heavy atom. The molecule has 0 aliphatic rings. The second-order valence-corrected chi connectivity index (χ2v) is 5.50. The van der Waals surface area contributed by atoms with E-state index >= 15 is 0 Å². The highest BCUT2D eigenvalue weighted by molar-refractivity contribution is 5.86. The first-order valence-electron chi connectivity index (χ1n) is 7.38. The zero-order valence-corrected chi connectivity index (χ0v) is 13.5. The molecule has 0 saturated carbocycles. The van der Waals surface area contributed by atoms with Crippen molar-refractivity contribution in [3.05, 3.63) is 47.4 Å². The third-order valence-corrected chi connectivity index (χ3v) is 3.65. The average molecular weight is 333 g/mol. The van der Waals surface area contributed by atoms with Crippen molar-refractivity contribution < 1.29 is 13.5 Å². The van der Waals surface area contributed by atoms with Gasteiger partial charge in [-0.25, -0.2) is 18.7 Å². The summed E-state index contributed by atoms with van der Waals surface area (Å²) in [6.07, 6.45) is 1.65. The minimum absolute atomic E-state index is 0.249. The van der Waals surface area contributed by atoms with E-state index in [-0.39, 0.29) is 12.6 Å². The Morgan fingerprint density at radius 2 is 1.92 bits per heavy atom. The molecule has 3 aromatic rings. The van der Waals surface area contributed by atoms with Gasteiger partial charge < -0.3 is 10.1 Å². The Hall–Kier alpha value is -2.61. The molecular weight excluding hydrogens is 316 g/mol. The summed E-state index contributed by atoms with van der Waals surface area (Å²) in [5.74, 6) is -0.202. The van der Waals surface area contributed by atoms with E-state index in [4.69, 9.17) is 4.74 Å². The fourth-order valence-electron chi connectivity index (χ4n) is 2.48. The first-order chi connectivity index (χ1) is 11.5. The van der Waals surface area contributed by atoms with Gasteiger partial charge in [-0.1, -0.05) is 0 Å². The molecule has 0 radical (unpaired) electrons. The molecule has 0 spiro atoms. The van der Waals surface area contributed by atoms with Crippen LogP contribution in [0.5, 0.6) is 0 Å². The monoisotopic (exact) mass is 333 g/mol. The molecule has 24 heavy (non-hydrogen) atoms. The molecule has 0 amide bonds. The number of nitrogens with zero attached hydrogens (tertiary/aromatic N) is 4. The van der Waals surface area contributed by atoms with Crippen LogP contribution in [-0.4, -0.2) is 26.9 Å². The van der Waals surface area contributed by atoms with E-state index < -0.39 is 11.6 Å². The molecular formula is C16H17F2N5O. The average Bonchev–Trinajstić information content (AvgIpc) is 2.88. The van der Waals surface area contributed by atoms with Crippen molar-refractivity contribution in [1.29, 1.82) is 0 Å². The molecule has 126 valence electrons. The zero-order valence-electron chi connectivity index (χ0n) is 13.5. The quantitative estimate of drug-likeness (QED) is 0.778. The number of ether oxygens (including phenoxy) is 1. The van der Waals surface area contributed by atoms with Crippen molar-refractivity contribution >= 4 is 16.9 Å². The summed E-state index contributed by atoms with van der Waals surface area (Å²) in [5.41, 5.74) is 1.13. The Balaban J connectivity index is 1.99. The first-order valence-corrected chi connectivity index (χ1v) is 7.38. The molecule has 8 heteroatoms. The molecule has 2 heterocycles. The molecule has 0 saturated heterocycles. The molecule has 0 aliphatic heterocycles. The number of methoxy groups -OCH3 is 1. The van der Waals surface area contributed by atoms with Crippen LogP contribution in [0, 0.1) is 11.6 Å². The van der Waals surface area contributed by atoms with Crippen LogP contribution in [0.3, 0.4) is 0 Å². The topological polar surface area (TPSA) is 64.9 Å². The lowest BCUT2D eigenvalue weighted by atomic mass is 10.1. The SMILES string of the molecule is COCc1nc(NC(C)c2cc(F)cc(F)c2)c2cnn(C)c2n1. The Morgan fingerprint density at radius 1 is 1.21 bits per heavy atom. The summed E-state index contributed by atoms with van der Waals surface area (Å²) < 4.78 is 33.6. The van der Waals surface area contributed by atoms with E-state index in [1.807, 2.05) is 0 Å². The molecule has 1 N–H and O–H groups in total. The zero-order chi connectivity index (χ0) is 17.3. The number of fused-ring (bicyclic) bond motifs is 1. The predicted molar refractivity (Wildman–Crippen MR) is 85.4 cm³/mol. The van der Waals surface area contributed by atoms with Gasteiger partial charge in [-0.15, -0.1) is 0 Å². The minimum Gasteiger partial charge on any atom is -0.377 e. The maximum Gasteiger partial charge on any atom is 0.163 e. The van der Waals surface area contributed by atoms with Crippen molar-refractivity contribution in [2.75, 3.05) is 12.4 Å². The molecule has 1 unspecified atom stereocenters. The van der Waals surface area contributed by atoms with E-state index in [2.05, 4.69) is 20.4 Å². The van der Waals surface area contributed by atoms with Crippen LogP contribution in [0.4, 0.5) is 14.6 Å². The molecule has 3 rings (SSSR count). The van der Waals surface area contributed by atoms with E-state index in [0.29, 0.717) is 22.9 Å². The molecule has 2 aromatic heterocycles. The van der Waals surface area contributed by atoms with E-state index in [0.717, 1.165) is 11.5 Å². The molecule has 6 nitrogen and oxygen atoms in total. The molecule has 0 fully saturated rings. The number of rotatable bonds is 5. The van der Waals surface area contributed by atoms with Gasteiger partial charge in [0.25, 0.3) is 0 Å². The van der Waals surface area contributed by atoms with Crippen LogP contribution >= 0.6 is 0 Å². The normalized spacial score (nSPS) is 12.5. The molecule has 1 atom stereocenters. The van der Waals surface area contributed by atoms with Gasteiger partial charge in [0, 0.05) is 20.2 Å². The highest BCUT2D eigenvalue weighted by atomic mass is 19.1. The van der Waals surface area contributed by atoms with E-state index in [1.54, 1.807) is 32.0 Å². The van der Waals surface area contributed by atoms with Gasteiger partial charge in [-0.3, -0.25) is 4.68 Å². The van der Waals surface area contributed by atoms with Gasteiger partial charge in [-0.2, -0.15) is 5.10 Å². The molecule has 0 bridgehead atoms. The van der Waals surface area contributed by atoms with Crippen molar-refractivity contribution in [1.82, 2.24) is 19.7 Å².